The fraction of sp³-hybridized carbons (Fsp3) is 0.188. The largest absolute Gasteiger partial charge is 0.377 e. The van der Waals surface area contributed by atoms with Gasteiger partial charge in [0, 0.05) is 10.2 Å². The van der Waals surface area contributed by atoms with Crippen LogP contribution >= 0.6 is 15.9 Å². The zero-order valence-corrected chi connectivity index (χ0v) is 11.9. The van der Waals surface area contributed by atoms with E-state index in [0.29, 0.717) is 11.6 Å². The molecule has 0 amide bonds. The van der Waals surface area contributed by atoms with Gasteiger partial charge in [0.25, 0.3) is 0 Å². The summed E-state index contributed by atoms with van der Waals surface area (Å²) in [5.41, 5.74) is 4.54. The van der Waals surface area contributed by atoms with E-state index in [0.717, 1.165) is 23.0 Å². The van der Waals surface area contributed by atoms with Crippen molar-refractivity contribution in [3.8, 4) is 6.07 Å². The molecule has 0 saturated carbocycles. The molecule has 1 atom stereocenters. The lowest BCUT2D eigenvalue weighted by molar-refractivity contribution is 0.761. The van der Waals surface area contributed by atoms with Crippen molar-refractivity contribution in [1.82, 2.24) is 0 Å². The van der Waals surface area contributed by atoms with Crippen LogP contribution in [-0.2, 0) is 6.42 Å². The van der Waals surface area contributed by atoms with E-state index in [1.165, 1.54) is 11.1 Å². The maximum atomic E-state index is 8.88. The maximum Gasteiger partial charge on any atom is 0.0992 e. The van der Waals surface area contributed by atoms with Crippen LogP contribution in [0, 0.1) is 11.3 Å². The van der Waals surface area contributed by atoms with Gasteiger partial charge in [-0.15, -0.1) is 0 Å². The number of nitriles is 1. The minimum atomic E-state index is 0.362. The van der Waals surface area contributed by atoms with Crippen molar-refractivity contribution >= 4 is 21.6 Å². The fourth-order valence-corrected chi connectivity index (χ4v) is 3.09. The lowest BCUT2D eigenvalue weighted by Crippen LogP contribution is -2.07. The van der Waals surface area contributed by atoms with Crippen LogP contribution in [0.1, 0.15) is 29.2 Å². The highest BCUT2D eigenvalue weighted by Crippen LogP contribution is 2.35. The molecular weight excluding hydrogens is 300 g/mol. The number of hydrogen-bond acceptors (Lipinski definition) is 2. The molecular formula is C16H13BrN2. The third kappa shape index (κ3) is 2.36. The van der Waals surface area contributed by atoms with Gasteiger partial charge in [0.2, 0.25) is 0 Å². The van der Waals surface area contributed by atoms with Crippen molar-refractivity contribution in [2.24, 2.45) is 0 Å². The number of nitrogens with zero attached hydrogens (tertiary/aromatic N) is 1. The minimum Gasteiger partial charge on any atom is -0.377 e. The lowest BCUT2D eigenvalue weighted by atomic mass is 10.1. The number of fused-ring (bicyclic) bond motifs is 1. The number of aryl methyl sites for hydroxylation is 1. The summed E-state index contributed by atoms with van der Waals surface area (Å²) >= 11 is 3.52. The Morgan fingerprint density at radius 2 is 2.05 bits per heavy atom. The summed E-state index contributed by atoms with van der Waals surface area (Å²) in [6, 6.07) is 16.7. The van der Waals surface area contributed by atoms with Crippen molar-refractivity contribution in [1.29, 1.82) is 5.26 Å². The lowest BCUT2D eigenvalue weighted by Gasteiger charge is -2.16. The first-order chi connectivity index (χ1) is 9.28. The first kappa shape index (κ1) is 12.3. The highest BCUT2D eigenvalue weighted by Gasteiger charge is 2.22. The zero-order chi connectivity index (χ0) is 13.2. The molecule has 1 N–H and O–H groups in total. The molecule has 1 aliphatic carbocycles. The van der Waals surface area contributed by atoms with Crippen LogP contribution in [0.3, 0.4) is 0 Å². The molecule has 94 valence electrons. The Hall–Kier alpha value is -1.79. The number of halogens is 1. The van der Waals surface area contributed by atoms with E-state index in [2.05, 4.69) is 51.6 Å². The van der Waals surface area contributed by atoms with E-state index in [9.17, 15) is 0 Å². The second-order valence-electron chi connectivity index (χ2n) is 4.74. The van der Waals surface area contributed by atoms with Crippen LogP contribution in [0.25, 0.3) is 0 Å². The quantitative estimate of drug-likeness (QED) is 0.891. The van der Waals surface area contributed by atoms with Crippen LogP contribution in [0.5, 0.6) is 0 Å². The van der Waals surface area contributed by atoms with Gasteiger partial charge in [-0.3, -0.25) is 0 Å². The Labute approximate surface area is 121 Å². The number of benzene rings is 2. The molecule has 2 aromatic carbocycles. The van der Waals surface area contributed by atoms with Crippen LogP contribution in [0.4, 0.5) is 5.69 Å². The van der Waals surface area contributed by atoms with Gasteiger partial charge in [-0.1, -0.05) is 24.3 Å². The van der Waals surface area contributed by atoms with Crippen LogP contribution < -0.4 is 5.32 Å². The van der Waals surface area contributed by atoms with Crippen LogP contribution in [-0.4, -0.2) is 0 Å². The Morgan fingerprint density at radius 3 is 2.84 bits per heavy atom. The molecule has 2 nitrogen and oxygen atoms in total. The Bertz CT molecular complexity index is 658. The summed E-state index contributed by atoms with van der Waals surface area (Å²) < 4.78 is 0.941. The van der Waals surface area contributed by atoms with E-state index in [-0.39, 0.29) is 0 Å². The first-order valence-electron chi connectivity index (χ1n) is 6.32. The summed E-state index contributed by atoms with van der Waals surface area (Å²) in [4.78, 5) is 0. The molecule has 0 spiro atoms. The zero-order valence-electron chi connectivity index (χ0n) is 10.4. The van der Waals surface area contributed by atoms with Gasteiger partial charge in [-0.05, 0) is 58.1 Å². The van der Waals surface area contributed by atoms with Gasteiger partial charge in [-0.2, -0.15) is 5.26 Å². The molecule has 0 bridgehead atoms. The fourth-order valence-electron chi connectivity index (χ4n) is 2.60. The van der Waals surface area contributed by atoms with Gasteiger partial charge in [0.1, 0.15) is 0 Å². The van der Waals surface area contributed by atoms with Crippen molar-refractivity contribution < 1.29 is 0 Å². The predicted octanol–water partition coefficient (Wildman–Crippen LogP) is 4.42. The van der Waals surface area contributed by atoms with Gasteiger partial charge < -0.3 is 5.32 Å². The maximum absolute atomic E-state index is 8.88. The first-order valence-corrected chi connectivity index (χ1v) is 7.11. The van der Waals surface area contributed by atoms with Crippen molar-refractivity contribution in [3.05, 3.63) is 63.6 Å². The summed E-state index contributed by atoms with van der Waals surface area (Å²) in [6.45, 7) is 0. The highest BCUT2D eigenvalue weighted by molar-refractivity contribution is 9.10. The normalized spacial score (nSPS) is 16.7. The van der Waals surface area contributed by atoms with Crippen LogP contribution in [0.15, 0.2) is 46.9 Å². The molecule has 1 unspecified atom stereocenters. The average molecular weight is 313 g/mol. The van der Waals surface area contributed by atoms with Crippen LogP contribution in [0.2, 0.25) is 0 Å². The monoisotopic (exact) mass is 312 g/mol. The minimum absolute atomic E-state index is 0.362. The Morgan fingerprint density at radius 1 is 1.21 bits per heavy atom. The summed E-state index contributed by atoms with van der Waals surface area (Å²) in [5, 5.41) is 12.4. The van der Waals surface area contributed by atoms with E-state index in [4.69, 9.17) is 5.26 Å². The number of anilines is 1. The predicted molar refractivity (Wildman–Crippen MR) is 80.0 cm³/mol. The molecule has 0 aliphatic heterocycles. The van der Waals surface area contributed by atoms with E-state index >= 15 is 0 Å². The van der Waals surface area contributed by atoms with Gasteiger partial charge in [-0.25, -0.2) is 0 Å². The van der Waals surface area contributed by atoms with Gasteiger partial charge in [0.15, 0.2) is 0 Å². The third-order valence-corrected chi connectivity index (χ3v) is 4.22. The molecule has 2 aromatic rings. The van der Waals surface area contributed by atoms with Gasteiger partial charge in [0.05, 0.1) is 17.7 Å². The molecule has 3 rings (SSSR count). The molecule has 1 aliphatic rings. The van der Waals surface area contributed by atoms with Gasteiger partial charge >= 0.3 is 0 Å². The van der Waals surface area contributed by atoms with Crippen molar-refractivity contribution in [3.63, 3.8) is 0 Å². The molecule has 0 fully saturated rings. The number of hydrogen-bond donors (Lipinski definition) is 1. The summed E-state index contributed by atoms with van der Waals surface area (Å²) in [7, 11) is 0. The van der Waals surface area contributed by atoms with Crippen molar-refractivity contribution in [2.75, 3.05) is 5.32 Å². The second-order valence-corrected chi connectivity index (χ2v) is 5.60. The molecule has 0 heterocycles. The average Bonchev–Trinajstić information content (AvgIpc) is 2.84. The smallest absolute Gasteiger partial charge is 0.0992 e. The molecule has 3 heteroatoms. The van der Waals surface area contributed by atoms with Crippen molar-refractivity contribution in [2.45, 2.75) is 18.9 Å². The number of rotatable bonds is 2. The number of nitrogens with one attached hydrogen (secondary N) is 1. The topological polar surface area (TPSA) is 35.8 Å². The molecule has 0 radical (unpaired) electrons. The Kier molecular flexibility index (Phi) is 3.27. The third-order valence-electron chi connectivity index (χ3n) is 3.56. The molecule has 19 heavy (non-hydrogen) atoms. The van der Waals surface area contributed by atoms with E-state index in [1.807, 2.05) is 18.2 Å². The Balaban J connectivity index is 1.86. The van der Waals surface area contributed by atoms with E-state index in [1.54, 1.807) is 0 Å². The molecule has 0 saturated heterocycles. The SMILES string of the molecule is N#Cc1ccc(NC2CCc3ccccc32)c(Br)c1. The standard InChI is InChI=1S/C16H13BrN2/c17-14-9-11(10-18)5-7-16(14)19-15-8-6-12-3-1-2-4-13(12)15/h1-5,7,9,15,19H,6,8H2. The summed E-state index contributed by atoms with van der Waals surface area (Å²) in [6.07, 6.45) is 2.24. The summed E-state index contributed by atoms with van der Waals surface area (Å²) in [5.74, 6) is 0. The van der Waals surface area contributed by atoms with E-state index < -0.39 is 0 Å². The molecule has 0 aromatic heterocycles. The highest BCUT2D eigenvalue weighted by atomic mass is 79.9. The second kappa shape index (κ2) is 5.07.